The summed E-state index contributed by atoms with van der Waals surface area (Å²) in [6.07, 6.45) is 3.81. The summed E-state index contributed by atoms with van der Waals surface area (Å²) in [6, 6.07) is 28.4. The predicted molar refractivity (Wildman–Crippen MR) is 247 cm³/mol. The van der Waals surface area contributed by atoms with Gasteiger partial charge >= 0.3 is 7.75 Å². The van der Waals surface area contributed by atoms with Gasteiger partial charge in [0, 0.05) is 30.9 Å². The molecule has 2 aliphatic rings. The number of benzene rings is 3. The van der Waals surface area contributed by atoms with Crippen LogP contribution in [0.1, 0.15) is 42.0 Å². The minimum Gasteiger partial charge on any atom is -0.497 e. The Morgan fingerprint density at radius 1 is 0.706 bits per heavy atom. The number of aromatic nitrogens is 9. The minimum absolute atomic E-state index is 0.105. The molecule has 7 heterocycles. The Labute approximate surface area is 389 Å². The van der Waals surface area contributed by atoms with Gasteiger partial charge in [0.05, 0.1) is 46.2 Å². The van der Waals surface area contributed by atoms with Crippen LogP contribution in [0.2, 0.25) is 0 Å². The summed E-state index contributed by atoms with van der Waals surface area (Å²) in [7, 11) is -1.19. The lowest BCUT2D eigenvalue weighted by Crippen LogP contribution is -2.38. The fraction of sp³-hybridized carbons (Fsp3) is 0.283. The standard InChI is InChI=1S/C46H47N12O9P/c1-61-32-12-8-29(9-13-32)46(28-6-4-3-5-7-28,30-10-14-33(62-2)15-11-30)63-22-37-35(21-39(66-37)58-27-55-41-43(48)51-25-53-45(41)58)67-68(60,56-31-16-18-49-19-17-31)64-23-36-34(59)20-38(65-36)57-26-54-40-42(47)50-24-52-44(40)57/h3-19,24-27,34-39,59H,20-23H2,1-2H3,(H2,47,50,52)(H2,48,51,53)(H,49,56,60)/t34-,35-,36+,37+,38+,39+,68?/m0/s1. The van der Waals surface area contributed by atoms with Crippen LogP contribution in [0.4, 0.5) is 17.3 Å². The highest BCUT2D eigenvalue weighted by Gasteiger charge is 2.47. The van der Waals surface area contributed by atoms with E-state index in [1.165, 1.54) is 31.4 Å². The van der Waals surface area contributed by atoms with Gasteiger partial charge in [0.25, 0.3) is 0 Å². The Balaban J connectivity index is 0.996. The molecule has 350 valence electrons. The number of anilines is 3. The molecule has 0 radical (unpaired) electrons. The highest BCUT2D eigenvalue weighted by Crippen LogP contribution is 2.53. The Morgan fingerprint density at radius 2 is 1.25 bits per heavy atom. The summed E-state index contributed by atoms with van der Waals surface area (Å²) in [6.45, 7) is -0.449. The number of nitrogen functional groups attached to an aromatic ring is 2. The van der Waals surface area contributed by atoms with E-state index in [2.05, 4.69) is 40.0 Å². The monoisotopic (exact) mass is 942 g/mol. The number of methoxy groups -OCH3 is 2. The molecule has 7 atom stereocenters. The zero-order valence-corrected chi connectivity index (χ0v) is 37.7. The molecule has 0 saturated carbocycles. The molecule has 8 aromatic rings. The lowest BCUT2D eigenvalue weighted by Gasteiger charge is -2.37. The molecule has 0 bridgehead atoms. The van der Waals surface area contributed by atoms with Crippen molar-refractivity contribution in [3.63, 3.8) is 0 Å². The molecule has 1 unspecified atom stereocenters. The number of imidazole rings is 2. The summed E-state index contributed by atoms with van der Waals surface area (Å²) >= 11 is 0. The zero-order chi connectivity index (χ0) is 46.8. The van der Waals surface area contributed by atoms with E-state index in [0.717, 1.165) is 16.7 Å². The first-order valence-electron chi connectivity index (χ1n) is 21.6. The summed E-state index contributed by atoms with van der Waals surface area (Å²) in [5, 5.41) is 14.3. The second-order valence-corrected chi connectivity index (χ2v) is 17.8. The molecule has 5 aromatic heterocycles. The molecule has 2 aliphatic heterocycles. The molecule has 0 amide bonds. The molecular weight excluding hydrogens is 896 g/mol. The van der Waals surface area contributed by atoms with Crippen molar-refractivity contribution in [3.05, 3.63) is 145 Å². The number of hydrogen-bond donors (Lipinski definition) is 4. The summed E-state index contributed by atoms with van der Waals surface area (Å²) in [4.78, 5) is 29.8. The number of nitrogens with two attached hydrogens (primary N) is 2. The Kier molecular flexibility index (Phi) is 12.4. The first kappa shape index (κ1) is 44.7. The van der Waals surface area contributed by atoms with E-state index in [0.29, 0.717) is 39.5 Å². The van der Waals surface area contributed by atoms with Gasteiger partial charge in [0.1, 0.15) is 71.6 Å². The number of pyridine rings is 1. The van der Waals surface area contributed by atoms with Crippen LogP contribution in [0, 0.1) is 0 Å². The summed E-state index contributed by atoms with van der Waals surface area (Å²) in [5.41, 5.74) is 15.4. The van der Waals surface area contributed by atoms with Gasteiger partial charge in [0.15, 0.2) is 22.9 Å². The molecule has 2 saturated heterocycles. The van der Waals surface area contributed by atoms with Gasteiger partial charge in [0.2, 0.25) is 0 Å². The second-order valence-electron chi connectivity index (χ2n) is 16.1. The van der Waals surface area contributed by atoms with Crippen LogP contribution in [0.25, 0.3) is 22.3 Å². The van der Waals surface area contributed by atoms with E-state index < -0.39 is 50.2 Å². The van der Waals surface area contributed by atoms with Gasteiger partial charge in [-0.15, -0.1) is 0 Å². The quantitative estimate of drug-likeness (QED) is 0.0620. The zero-order valence-electron chi connectivity index (χ0n) is 36.8. The topological polar surface area (TPSA) is 266 Å². The number of aliphatic hydroxyl groups excluding tert-OH is 1. The maximum atomic E-state index is 15.4. The normalized spacial score (nSPS) is 21.5. The molecule has 22 heteroatoms. The van der Waals surface area contributed by atoms with Gasteiger partial charge < -0.3 is 40.3 Å². The molecule has 68 heavy (non-hydrogen) atoms. The van der Waals surface area contributed by atoms with E-state index in [1.54, 1.807) is 41.8 Å². The average Bonchev–Trinajstić information content (AvgIpc) is 4.18. The van der Waals surface area contributed by atoms with Crippen molar-refractivity contribution < 1.29 is 42.4 Å². The molecule has 0 spiro atoms. The molecule has 2 fully saturated rings. The van der Waals surface area contributed by atoms with Crippen LogP contribution in [0.3, 0.4) is 0 Å². The van der Waals surface area contributed by atoms with E-state index in [-0.39, 0.29) is 37.7 Å². The molecule has 10 rings (SSSR count). The van der Waals surface area contributed by atoms with E-state index >= 15 is 4.57 Å². The number of aliphatic hydroxyl groups is 1. The van der Waals surface area contributed by atoms with Crippen molar-refractivity contribution in [2.24, 2.45) is 0 Å². The van der Waals surface area contributed by atoms with Crippen LogP contribution < -0.4 is 26.0 Å². The van der Waals surface area contributed by atoms with Crippen molar-refractivity contribution in [1.29, 1.82) is 0 Å². The lowest BCUT2D eigenvalue weighted by atomic mass is 9.80. The van der Waals surface area contributed by atoms with Gasteiger partial charge in [-0.25, -0.2) is 34.5 Å². The third-order valence-electron chi connectivity index (χ3n) is 12.0. The number of hydrogen-bond acceptors (Lipinski definition) is 18. The molecular formula is C46H47N12O9P. The first-order valence-corrected chi connectivity index (χ1v) is 23.1. The van der Waals surface area contributed by atoms with Crippen LogP contribution in [0.5, 0.6) is 11.5 Å². The number of fused-ring (bicyclic) bond motifs is 2. The molecule has 6 N–H and O–H groups in total. The maximum Gasteiger partial charge on any atom is 0.433 e. The molecule has 0 aliphatic carbocycles. The number of nitrogens with one attached hydrogen (secondary N) is 1. The number of rotatable bonds is 17. The van der Waals surface area contributed by atoms with Gasteiger partial charge in [-0.05, 0) is 53.1 Å². The fourth-order valence-corrected chi connectivity index (χ4v) is 10.2. The fourth-order valence-electron chi connectivity index (χ4n) is 8.63. The van der Waals surface area contributed by atoms with Crippen molar-refractivity contribution >= 4 is 47.4 Å². The smallest absolute Gasteiger partial charge is 0.433 e. The van der Waals surface area contributed by atoms with Crippen LogP contribution >= 0.6 is 7.75 Å². The van der Waals surface area contributed by atoms with Crippen LogP contribution in [0.15, 0.2) is 129 Å². The van der Waals surface area contributed by atoms with E-state index in [1.807, 2.05) is 78.9 Å². The predicted octanol–water partition coefficient (Wildman–Crippen LogP) is 5.81. The second kappa shape index (κ2) is 18.9. The van der Waals surface area contributed by atoms with Gasteiger partial charge in [-0.2, -0.15) is 0 Å². The Bertz CT molecular complexity index is 2990. The third kappa shape index (κ3) is 8.67. The Morgan fingerprint density at radius 3 is 1.82 bits per heavy atom. The minimum atomic E-state index is -4.41. The molecule has 3 aromatic carbocycles. The SMILES string of the molecule is COc1ccc(C(OC[C@H]2O[C@@H](n3cnc4c(N)ncnc43)C[C@@H]2OP(=O)(Nc2ccncc2)OC[C@H]2O[C@@H](n3cnc4c(N)ncnc43)C[C@@H]2O)(c2ccccc2)c2ccc(OC)cc2)cc1. The van der Waals surface area contributed by atoms with Crippen molar-refractivity contribution in [2.45, 2.75) is 55.3 Å². The lowest BCUT2D eigenvalue weighted by molar-refractivity contribution is -0.0919. The van der Waals surface area contributed by atoms with Gasteiger partial charge in [-0.1, -0.05) is 54.6 Å². The highest BCUT2D eigenvalue weighted by atomic mass is 31.2. The number of ether oxygens (including phenoxy) is 5. The van der Waals surface area contributed by atoms with Crippen molar-refractivity contribution in [1.82, 2.24) is 44.0 Å². The first-order chi connectivity index (χ1) is 33.1. The van der Waals surface area contributed by atoms with Gasteiger partial charge in [-0.3, -0.25) is 28.3 Å². The van der Waals surface area contributed by atoms with Crippen LogP contribution in [-0.2, 0) is 33.4 Å². The highest BCUT2D eigenvalue weighted by molar-refractivity contribution is 7.55. The summed E-state index contributed by atoms with van der Waals surface area (Å²) in [5.74, 6) is 1.73. The average molecular weight is 943 g/mol. The van der Waals surface area contributed by atoms with E-state index in [4.69, 9.17) is 44.2 Å². The van der Waals surface area contributed by atoms with Crippen molar-refractivity contribution in [2.75, 3.05) is 44.0 Å². The molecule has 21 nitrogen and oxygen atoms in total. The van der Waals surface area contributed by atoms with Crippen LogP contribution in [-0.4, -0.2) is 101 Å². The largest absolute Gasteiger partial charge is 0.497 e. The maximum absolute atomic E-state index is 15.4. The Hall–Kier alpha value is -7.10. The van der Waals surface area contributed by atoms with Crippen molar-refractivity contribution in [3.8, 4) is 11.5 Å². The third-order valence-corrected chi connectivity index (χ3v) is 13.6. The number of nitrogens with zero attached hydrogens (tertiary/aromatic N) is 9. The summed E-state index contributed by atoms with van der Waals surface area (Å²) < 4.78 is 63.2. The van der Waals surface area contributed by atoms with E-state index in [9.17, 15) is 5.11 Å².